The molecule has 0 aliphatic heterocycles. The zero-order valence-electron chi connectivity index (χ0n) is 13.8. The Labute approximate surface area is 145 Å². The number of benzene rings is 1. The van der Waals surface area contributed by atoms with Gasteiger partial charge in [0.1, 0.15) is 5.82 Å². The Morgan fingerprint density at radius 3 is 2.92 bits per heavy atom. The predicted molar refractivity (Wildman–Crippen MR) is 96.6 cm³/mol. The SMILES string of the molecule is O=C(NCCNc1cnccn1)c1c2c(nc3ccccc13)CCC2. The van der Waals surface area contributed by atoms with Crippen LogP contribution in [0, 0.1) is 0 Å². The summed E-state index contributed by atoms with van der Waals surface area (Å²) >= 11 is 0. The fourth-order valence-corrected chi connectivity index (χ4v) is 3.32. The number of fused-ring (bicyclic) bond motifs is 2. The zero-order valence-corrected chi connectivity index (χ0v) is 13.8. The molecule has 2 N–H and O–H groups in total. The van der Waals surface area contributed by atoms with E-state index in [0.717, 1.165) is 47.0 Å². The Hall–Kier alpha value is -3.02. The normalized spacial score (nSPS) is 12.8. The van der Waals surface area contributed by atoms with Gasteiger partial charge in [0.25, 0.3) is 5.91 Å². The molecule has 6 heteroatoms. The molecule has 0 fully saturated rings. The van der Waals surface area contributed by atoms with Crippen molar-refractivity contribution in [2.45, 2.75) is 19.3 Å². The van der Waals surface area contributed by atoms with Crippen molar-refractivity contribution in [3.63, 3.8) is 0 Å². The van der Waals surface area contributed by atoms with Crippen LogP contribution in [0.1, 0.15) is 28.0 Å². The van der Waals surface area contributed by atoms with Crippen LogP contribution in [0.3, 0.4) is 0 Å². The number of hydrogen-bond acceptors (Lipinski definition) is 5. The van der Waals surface area contributed by atoms with Crippen molar-refractivity contribution in [1.82, 2.24) is 20.3 Å². The first-order valence-electron chi connectivity index (χ1n) is 8.51. The van der Waals surface area contributed by atoms with Crippen LogP contribution in [0.15, 0.2) is 42.9 Å². The van der Waals surface area contributed by atoms with E-state index in [9.17, 15) is 4.79 Å². The average molecular weight is 333 g/mol. The summed E-state index contributed by atoms with van der Waals surface area (Å²) in [5, 5.41) is 7.09. The molecule has 0 saturated carbocycles. The van der Waals surface area contributed by atoms with Crippen LogP contribution in [-0.4, -0.2) is 33.9 Å². The highest BCUT2D eigenvalue weighted by Gasteiger charge is 2.23. The summed E-state index contributed by atoms with van der Waals surface area (Å²) in [7, 11) is 0. The third kappa shape index (κ3) is 3.15. The van der Waals surface area contributed by atoms with Crippen molar-refractivity contribution < 1.29 is 4.79 Å². The number of anilines is 1. The molecule has 0 bridgehead atoms. The van der Waals surface area contributed by atoms with Crippen LogP contribution < -0.4 is 10.6 Å². The maximum Gasteiger partial charge on any atom is 0.252 e. The van der Waals surface area contributed by atoms with E-state index >= 15 is 0 Å². The Balaban J connectivity index is 1.50. The topological polar surface area (TPSA) is 79.8 Å². The number of hydrogen-bond donors (Lipinski definition) is 2. The molecule has 0 saturated heterocycles. The van der Waals surface area contributed by atoms with Gasteiger partial charge in [-0.1, -0.05) is 18.2 Å². The molecule has 2 aromatic heterocycles. The van der Waals surface area contributed by atoms with Crippen molar-refractivity contribution in [3.05, 3.63) is 59.7 Å². The van der Waals surface area contributed by atoms with Gasteiger partial charge >= 0.3 is 0 Å². The van der Waals surface area contributed by atoms with Crippen LogP contribution >= 0.6 is 0 Å². The lowest BCUT2D eigenvalue weighted by atomic mass is 10.0. The molecule has 0 spiro atoms. The minimum atomic E-state index is -0.0299. The first-order valence-corrected chi connectivity index (χ1v) is 8.51. The monoisotopic (exact) mass is 333 g/mol. The van der Waals surface area contributed by atoms with E-state index < -0.39 is 0 Å². The Morgan fingerprint density at radius 2 is 2.04 bits per heavy atom. The quantitative estimate of drug-likeness (QED) is 0.701. The second-order valence-corrected chi connectivity index (χ2v) is 6.06. The van der Waals surface area contributed by atoms with Gasteiger partial charge < -0.3 is 10.6 Å². The van der Waals surface area contributed by atoms with Gasteiger partial charge in [-0.25, -0.2) is 4.98 Å². The van der Waals surface area contributed by atoms with Gasteiger partial charge in [-0.15, -0.1) is 0 Å². The van der Waals surface area contributed by atoms with E-state index in [1.54, 1.807) is 18.6 Å². The van der Waals surface area contributed by atoms with Gasteiger partial charge in [0, 0.05) is 36.6 Å². The number of pyridine rings is 1. The van der Waals surface area contributed by atoms with Crippen molar-refractivity contribution in [3.8, 4) is 0 Å². The number of nitrogens with zero attached hydrogens (tertiary/aromatic N) is 3. The molecule has 1 aliphatic carbocycles. The van der Waals surface area contributed by atoms with Gasteiger partial charge in [-0.05, 0) is 30.9 Å². The molecule has 2 heterocycles. The number of amides is 1. The van der Waals surface area contributed by atoms with Crippen molar-refractivity contribution >= 4 is 22.6 Å². The summed E-state index contributed by atoms with van der Waals surface area (Å²) in [4.78, 5) is 25.7. The van der Waals surface area contributed by atoms with E-state index in [0.29, 0.717) is 18.9 Å². The van der Waals surface area contributed by atoms with Crippen molar-refractivity contribution in [2.75, 3.05) is 18.4 Å². The first-order chi connectivity index (χ1) is 12.3. The molecule has 1 aliphatic rings. The number of rotatable bonds is 5. The third-order valence-corrected chi connectivity index (χ3v) is 4.43. The van der Waals surface area contributed by atoms with Gasteiger partial charge in [-0.3, -0.25) is 14.8 Å². The van der Waals surface area contributed by atoms with Crippen molar-refractivity contribution in [2.24, 2.45) is 0 Å². The number of nitrogens with one attached hydrogen (secondary N) is 2. The molecule has 1 aromatic carbocycles. The fourth-order valence-electron chi connectivity index (χ4n) is 3.32. The smallest absolute Gasteiger partial charge is 0.252 e. The number of aromatic nitrogens is 3. The number of carbonyl (C=O) groups excluding carboxylic acids is 1. The lowest BCUT2D eigenvalue weighted by molar-refractivity contribution is 0.0956. The highest BCUT2D eigenvalue weighted by molar-refractivity contribution is 6.07. The fraction of sp³-hybridized carbons (Fsp3) is 0.263. The van der Waals surface area contributed by atoms with Crippen LogP contribution in [0.2, 0.25) is 0 Å². The third-order valence-electron chi connectivity index (χ3n) is 4.43. The number of aryl methyl sites for hydroxylation is 1. The van der Waals surface area contributed by atoms with Gasteiger partial charge in [-0.2, -0.15) is 0 Å². The molecular weight excluding hydrogens is 314 g/mol. The Kier molecular flexibility index (Phi) is 4.24. The van der Waals surface area contributed by atoms with E-state index in [1.807, 2.05) is 24.3 Å². The summed E-state index contributed by atoms with van der Waals surface area (Å²) < 4.78 is 0. The Bertz CT molecular complexity index is 910. The summed E-state index contributed by atoms with van der Waals surface area (Å²) in [5.41, 5.74) is 3.86. The molecule has 25 heavy (non-hydrogen) atoms. The summed E-state index contributed by atoms with van der Waals surface area (Å²) in [6.45, 7) is 1.11. The maximum absolute atomic E-state index is 12.8. The highest BCUT2D eigenvalue weighted by atomic mass is 16.1. The minimum Gasteiger partial charge on any atom is -0.367 e. The molecular formula is C19H19N5O. The van der Waals surface area contributed by atoms with Gasteiger partial charge in [0.2, 0.25) is 0 Å². The largest absolute Gasteiger partial charge is 0.367 e. The lowest BCUT2D eigenvalue weighted by Crippen LogP contribution is -2.30. The van der Waals surface area contributed by atoms with Crippen LogP contribution in [0.25, 0.3) is 10.9 Å². The van der Waals surface area contributed by atoms with Crippen LogP contribution in [0.4, 0.5) is 5.82 Å². The lowest BCUT2D eigenvalue weighted by Gasteiger charge is -2.13. The molecule has 3 aromatic rings. The summed E-state index contributed by atoms with van der Waals surface area (Å²) in [5.74, 6) is 0.671. The minimum absolute atomic E-state index is 0.0299. The molecule has 126 valence electrons. The molecule has 0 unspecified atom stereocenters. The predicted octanol–water partition coefficient (Wildman–Crippen LogP) is 2.36. The molecule has 4 rings (SSSR count). The van der Waals surface area contributed by atoms with Crippen LogP contribution in [-0.2, 0) is 12.8 Å². The maximum atomic E-state index is 12.8. The van der Waals surface area contributed by atoms with Gasteiger partial charge in [0.15, 0.2) is 0 Å². The second kappa shape index (κ2) is 6.84. The van der Waals surface area contributed by atoms with E-state index in [2.05, 4.69) is 20.6 Å². The summed E-state index contributed by atoms with van der Waals surface area (Å²) in [6.07, 6.45) is 7.86. The first kappa shape index (κ1) is 15.5. The van der Waals surface area contributed by atoms with E-state index in [4.69, 9.17) is 4.98 Å². The molecule has 6 nitrogen and oxygen atoms in total. The van der Waals surface area contributed by atoms with E-state index in [-0.39, 0.29) is 5.91 Å². The molecule has 0 radical (unpaired) electrons. The second-order valence-electron chi connectivity index (χ2n) is 6.06. The van der Waals surface area contributed by atoms with Gasteiger partial charge in [0.05, 0.1) is 17.3 Å². The van der Waals surface area contributed by atoms with E-state index in [1.165, 1.54) is 0 Å². The highest BCUT2D eigenvalue weighted by Crippen LogP contribution is 2.29. The summed E-state index contributed by atoms with van der Waals surface area (Å²) in [6, 6.07) is 7.87. The van der Waals surface area contributed by atoms with Crippen molar-refractivity contribution in [1.29, 1.82) is 0 Å². The number of para-hydroxylation sites is 1. The zero-order chi connectivity index (χ0) is 17.1. The number of carbonyl (C=O) groups is 1. The standard InChI is InChI=1S/C19H19N5O/c25-19(23-11-10-22-17-12-20-8-9-21-17)18-13-4-1-2-6-15(13)24-16-7-3-5-14(16)18/h1-2,4,6,8-9,12H,3,5,7,10-11H2,(H,21,22)(H,23,25). The Morgan fingerprint density at radius 1 is 1.12 bits per heavy atom. The molecule has 1 amide bonds. The molecule has 0 atom stereocenters. The average Bonchev–Trinajstić information content (AvgIpc) is 3.11. The van der Waals surface area contributed by atoms with Crippen LogP contribution in [0.5, 0.6) is 0 Å².